The van der Waals surface area contributed by atoms with Crippen LogP contribution in [0.4, 0.5) is 0 Å². The van der Waals surface area contributed by atoms with Crippen molar-refractivity contribution in [1.29, 1.82) is 0 Å². The predicted octanol–water partition coefficient (Wildman–Crippen LogP) is -0.346. The number of hydrogen-bond acceptors (Lipinski definition) is 4. The zero-order valence-electron chi connectivity index (χ0n) is 11.1. The van der Waals surface area contributed by atoms with Crippen molar-refractivity contribution in [2.45, 2.75) is 45.2 Å². The summed E-state index contributed by atoms with van der Waals surface area (Å²) < 4.78 is 21.7. The first kappa shape index (κ1) is 15.4. The molecule has 6 nitrogen and oxygen atoms in total. The van der Waals surface area contributed by atoms with E-state index in [4.69, 9.17) is 5.14 Å². The minimum absolute atomic E-state index is 0.0704. The summed E-state index contributed by atoms with van der Waals surface area (Å²) in [5.74, 6) is 0.00311. The van der Waals surface area contributed by atoms with Crippen LogP contribution in [0, 0.1) is 0 Å². The molecule has 7 heteroatoms. The molecule has 0 spiro atoms. The lowest BCUT2D eigenvalue weighted by Gasteiger charge is -2.33. The number of nitrogens with one attached hydrogen (secondary N) is 1. The van der Waals surface area contributed by atoms with Gasteiger partial charge in [0, 0.05) is 19.1 Å². The van der Waals surface area contributed by atoms with Gasteiger partial charge < -0.3 is 10.2 Å². The summed E-state index contributed by atoms with van der Waals surface area (Å²) in [4.78, 5) is 13.8. The molecule has 1 aliphatic heterocycles. The number of nitrogens with two attached hydrogens (primary N) is 1. The molecule has 0 aromatic rings. The first-order valence-electron chi connectivity index (χ1n) is 6.35. The molecule has 1 aliphatic rings. The van der Waals surface area contributed by atoms with Gasteiger partial charge in [-0.05, 0) is 19.3 Å². The fourth-order valence-corrected chi connectivity index (χ4v) is 2.71. The number of primary sulfonamides is 1. The van der Waals surface area contributed by atoms with Gasteiger partial charge in [-0.25, -0.2) is 13.6 Å². The van der Waals surface area contributed by atoms with Crippen LogP contribution >= 0.6 is 0 Å². The third-order valence-corrected chi connectivity index (χ3v) is 3.78. The maximum absolute atomic E-state index is 12.1. The molecular formula is C11H23N3O3S. The van der Waals surface area contributed by atoms with Gasteiger partial charge in [0.15, 0.2) is 0 Å². The molecule has 0 radical (unpaired) electrons. The Morgan fingerprint density at radius 2 is 2.17 bits per heavy atom. The number of nitrogens with zero attached hydrogens (tertiary/aromatic N) is 1. The zero-order valence-corrected chi connectivity index (χ0v) is 11.9. The Kier molecular flexibility index (Phi) is 5.55. The Morgan fingerprint density at radius 3 is 2.72 bits per heavy atom. The molecule has 0 aliphatic carbocycles. The lowest BCUT2D eigenvalue weighted by Crippen LogP contribution is -2.52. The van der Waals surface area contributed by atoms with Crippen molar-refractivity contribution in [3.05, 3.63) is 0 Å². The maximum Gasteiger partial charge on any atom is 0.239 e. The van der Waals surface area contributed by atoms with Crippen molar-refractivity contribution in [1.82, 2.24) is 10.2 Å². The molecule has 1 heterocycles. The zero-order chi connectivity index (χ0) is 13.8. The molecule has 0 bridgehead atoms. The molecule has 1 atom stereocenters. The number of rotatable bonds is 6. The number of hydrogen-bond donors (Lipinski definition) is 2. The van der Waals surface area contributed by atoms with E-state index in [0.717, 1.165) is 12.8 Å². The molecule has 1 rings (SSSR count). The van der Waals surface area contributed by atoms with Crippen LogP contribution in [0.2, 0.25) is 0 Å². The smallest absolute Gasteiger partial charge is 0.239 e. The fourth-order valence-electron chi connectivity index (χ4n) is 2.18. The van der Waals surface area contributed by atoms with Gasteiger partial charge in [-0.1, -0.05) is 13.8 Å². The number of carbonyl (C=O) groups is 1. The Labute approximate surface area is 109 Å². The number of piperidine rings is 1. The molecule has 1 fully saturated rings. The molecule has 0 aromatic heterocycles. The Bertz CT molecular complexity index is 381. The van der Waals surface area contributed by atoms with Crippen molar-refractivity contribution in [2.75, 3.05) is 18.8 Å². The maximum atomic E-state index is 12.1. The van der Waals surface area contributed by atoms with E-state index in [1.165, 1.54) is 0 Å². The second kappa shape index (κ2) is 6.49. The largest absolute Gasteiger partial charge is 0.341 e. The van der Waals surface area contributed by atoms with Crippen molar-refractivity contribution >= 4 is 15.9 Å². The molecule has 0 saturated carbocycles. The summed E-state index contributed by atoms with van der Waals surface area (Å²) in [5.41, 5.74) is 0. The summed E-state index contributed by atoms with van der Waals surface area (Å²) in [6.07, 6.45) is 2.20. The molecule has 0 aromatic carbocycles. The third-order valence-electron chi connectivity index (χ3n) is 2.92. The van der Waals surface area contributed by atoms with E-state index >= 15 is 0 Å². The second-order valence-corrected chi connectivity index (χ2v) is 6.80. The highest BCUT2D eigenvalue weighted by atomic mass is 32.2. The van der Waals surface area contributed by atoms with Gasteiger partial charge in [0.25, 0.3) is 0 Å². The summed E-state index contributed by atoms with van der Waals surface area (Å²) >= 11 is 0. The normalized spacial score (nSPS) is 21.7. The van der Waals surface area contributed by atoms with E-state index in [9.17, 15) is 13.2 Å². The van der Waals surface area contributed by atoms with E-state index in [1.54, 1.807) is 4.90 Å². The van der Waals surface area contributed by atoms with Crippen LogP contribution in [-0.2, 0) is 14.8 Å². The molecule has 1 unspecified atom stereocenters. The van der Waals surface area contributed by atoms with Crippen molar-refractivity contribution < 1.29 is 13.2 Å². The van der Waals surface area contributed by atoms with E-state index in [0.29, 0.717) is 19.5 Å². The van der Waals surface area contributed by atoms with Gasteiger partial charge in [0.05, 0.1) is 11.8 Å². The highest BCUT2D eigenvalue weighted by Crippen LogP contribution is 2.12. The number of sulfonamides is 1. The van der Waals surface area contributed by atoms with Crippen LogP contribution in [0.1, 0.15) is 33.1 Å². The van der Waals surface area contributed by atoms with Crippen LogP contribution in [0.15, 0.2) is 0 Å². The van der Waals surface area contributed by atoms with Crippen molar-refractivity contribution in [3.63, 3.8) is 0 Å². The highest BCUT2D eigenvalue weighted by Gasteiger charge is 2.28. The Morgan fingerprint density at radius 1 is 1.50 bits per heavy atom. The minimum atomic E-state index is -3.43. The Hall–Kier alpha value is -0.660. The van der Waals surface area contributed by atoms with Gasteiger partial charge in [-0.2, -0.15) is 0 Å². The van der Waals surface area contributed by atoms with Gasteiger partial charge >= 0.3 is 0 Å². The molecule has 18 heavy (non-hydrogen) atoms. The Balaban J connectivity index is 2.43. The number of carbonyl (C=O) groups excluding carboxylic acids is 1. The third kappa shape index (κ3) is 5.32. The average Bonchev–Trinajstić information content (AvgIpc) is 2.21. The number of likely N-dealkylation sites (tertiary alicyclic amines) is 1. The monoisotopic (exact) mass is 277 g/mol. The van der Waals surface area contributed by atoms with Crippen LogP contribution in [-0.4, -0.2) is 50.2 Å². The second-order valence-electron chi connectivity index (χ2n) is 5.06. The SMILES string of the molecule is CC(C)NC1CCCN(CCCS(N)(=O)=O)C1=O. The minimum Gasteiger partial charge on any atom is -0.341 e. The van der Waals surface area contributed by atoms with Gasteiger partial charge in [0.2, 0.25) is 15.9 Å². The molecular weight excluding hydrogens is 254 g/mol. The molecule has 3 N–H and O–H groups in total. The quantitative estimate of drug-likeness (QED) is 0.694. The lowest BCUT2D eigenvalue weighted by molar-refractivity contribution is -0.136. The molecule has 106 valence electrons. The average molecular weight is 277 g/mol. The van der Waals surface area contributed by atoms with Gasteiger partial charge in [-0.15, -0.1) is 0 Å². The molecule has 1 saturated heterocycles. The first-order chi connectivity index (χ1) is 8.29. The van der Waals surface area contributed by atoms with E-state index in [1.807, 2.05) is 13.8 Å². The first-order valence-corrected chi connectivity index (χ1v) is 8.06. The van der Waals surface area contributed by atoms with E-state index in [2.05, 4.69) is 5.32 Å². The van der Waals surface area contributed by atoms with Crippen LogP contribution in [0.25, 0.3) is 0 Å². The summed E-state index contributed by atoms with van der Waals surface area (Å²) in [5, 5.41) is 8.17. The standard InChI is InChI=1S/C11H23N3O3S/c1-9(2)13-10-5-3-6-14(11(10)15)7-4-8-18(12,16)17/h9-10,13H,3-8H2,1-2H3,(H2,12,16,17). The summed E-state index contributed by atoms with van der Waals surface area (Å²) in [7, 11) is -3.43. The summed E-state index contributed by atoms with van der Waals surface area (Å²) in [6.45, 7) is 5.19. The highest BCUT2D eigenvalue weighted by molar-refractivity contribution is 7.89. The van der Waals surface area contributed by atoms with Crippen LogP contribution in [0.3, 0.4) is 0 Å². The van der Waals surface area contributed by atoms with E-state index in [-0.39, 0.29) is 23.7 Å². The lowest BCUT2D eigenvalue weighted by atomic mass is 10.0. The van der Waals surface area contributed by atoms with Gasteiger partial charge in [0.1, 0.15) is 0 Å². The van der Waals surface area contributed by atoms with Crippen LogP contribution < -0.4 is 10.5 Å². The molecule has 1 amide bonds. The van der Waals surface area contributed by atoms with Gasteiger partial charge in [-0.3, -0.25) is 4.79 Å². The predicted molar refractivity (Wildman–Crippen MR) is 70.5 cm³/mol. The number of amides is 1. The van der Waals surface area contributed by atoms with Crippen LogP contribution in [0.5, 0.6) is 0 Å². The van der Waals surface area contributed by atoms with E-state index < -0.39 is 10.0 Å². The topological polar surface area (TPSA) is 92.5 Å². The van der Waals surface area contributed by atoms with Crippen molar-refractivity contribution in [2.24, 2.45) is 5.14 Å². The summed E-state index contributed by atoms with van der Waals surface area (Å²) in [6, 6.07) is 0.136. The van der Waals surface area contributed by atoms with Crippen molar-refractivity contribution in [3.8, 4) is 0 Å². The fraction of sp³-hybridized carbons (Fsp3) is 0.909.